The van der Waals surface area contributed by atoms with Crippen molar-refractivity contribution in [3.05, 3.63) is 107 Å². The van der Waals surface area contributed by atoms with Gasteiger partial charge in [-0.3, -0.25) is 0 Å². The fourth-order valence-electron chi connectivity index (χ4n) is 2.76. The first-order valence-electron chi connectivity index (χ1n) is 7.65. The van der Waals surface area contributed by atoms with Crippen LogP contribution in [-0.4, -0.2) is 11.1 Å². The SMILES string of the molecule is O=C(O)c1ccc(Cc2ccccc2)cc1Cc1ccccc1. The van der Waals surface area contributed by atoms with Crippen LogP contribution in [0.1, 0.15) is 32.6 Å². The Labute approximate surface area is 136 Å². The molecule has 23 heavy (non-hydrogen) atoms. The molecule has 0 amide bonds. The molecule has 0 aromatic heterocycles. The van der Waals surface area contributed by atoms with Crippen LogP contribution < -0.4 is 0 Å². The Morgan fingerprint density at radius 3 is 1.83 bits per heavy atom. The third-order valence-corrected chi connectivity index (χ3v) is 3.89. The first-order valence-corrected chi connectivity index (χ1v) is 7.65. The molecule has 0 atom stereocenters. The Hall–Kier alpha value is -2.87. The van der Waals surface area contributed by atoms with E-state index in [1.807, 2.05) is 60.7 Å². The van der Waals surface area contributed by atoms with Gasteiger partial charge >= 0.3 is 5.97 Å². The maximum atomic E-state index is 11.5. The number of hydrogen-bond acceptors (Lipinski definition) is 1. The number of carbonyl (C=O) groups is 1. The molecule has 3 rings (SSSR count). The van der Waals surface area contributed by atoms with E-state index in [0.29, 0.717) is 12.0 Å². The predicted molar refractivity (Wildman–Crippen MR) is 91.9 cm³/mol. The van der Waals surface area contributed by atoms with Crippen molar-refractivity contribution in [1.29, 1.82) is 0 Å². The molecule has 0 bridgehead atoms. The van der Waals surface area contributed by atoms with Crippen molar-refractivity contribution in [2.75, 3.05) is 0 Å². The summed E-state index contributed by atoms with van der Waals surface area (Å²) in [5.74, 6) is -0.873. The Kier molecular flexibility index (Phi) is 4.53. The topological polar surface area (TPSA) is 37.3 Å². The van der Waals surface area contributed by atoms with Gasteiger partial charge in [-0.15, -0.1) is 0 Å². The highest BCUT2D eigenvalue weighted by atomic mass is 16.4. The van der Waals surface area contributed by atoms with Gasteiger partial charge in [0, 0.05) is 0 Å². The van der Waals surface area contributed by atoms with Crippen LogP contribution in [0.2, 0.25) is 0 Å². The van der Waals surface area contributed by atoms with Gasteiger partial charge < -0.3 is 5.11 Å². The summed E-state index contributed by atoms with van der Waals surface area (Å²) < 4.78 is 0. The largest absolute Gasteiger partial charge is 0.478 e. The highest BCUT2D eigenvalue weighted by Gasteiger charge is 2.11. The molecule has 3 aromatic rings. The van der Waals surface area contributed by atoms with Gasteiger partial charge in [-0.1, -0.05) is 72.8 Å². The molecule has 2 nitrogen and oxygen atoms in total. The Morgan fingerprint density at radius 2 is 1.26 bits per heavy atom. The number of benzene rings is 3. The van der Waals surface area contributed by atoms with Crippen LogP contribution in [0.3, 0.4) is 0 Å². The molecule has 0 radical (unpaired) electrons. The zero-order chi connectivity index (χ0) is 16.1. The maximum Gasteiger partial charge on any atom is 0.335 e. The predicted octanol–water partition coefficient (Wildman–Crippen LogP) is 4.57. The second-order valence-electron chi connectivity index (χ2n) is 5.62. The number of carboxylic acids is 1. The van der Waals surface area contributed by atoms with Gasteiger partial charge in [-0.25, -0.2) is 4.79 Å². The summed E-state index contributed by atoms with van der Waals surface area (Å²) in [6, 6.07) is 25.8. The Bertz CT molecular complexity index is 793. The van der Waals surface area contributed by atoms with Crippen molar-refractivity contribution < 1.29 is 9.90 Å². The Balaban J connectivity index is 1.91. The third-order valence-electron chi connectivity index (χ3n) is 3.89. The second kappa shape index (κ2) is 6.93. The van der Waals surface area contributed by atoms with E-state index in [1.54, 1.807) is 6.07 Å². The quantitative estimate of drug-likeness (QED) is 0.750. The molecule has 0 saturated carbocycles. The van der Waals surface area contributed by atoms with E-state index in [2.05, 4.69) is 12.1 Å². The summed E-state index contributed by atoms with van der Waals surface area (Å²) >= 11 is 0. The molecule has 3 aromatic carbocycles. The molecule has 2 heteroatoms. The van der Waals surface area contributed by atoms with Crippen LogP contribution in [0.15, 0.2) is 78.9 Å². The summed E-state index contributed by atoms with van der Waals surface area (Å²) in [5.41, 5.74) is 4.71. The summed E-state index contributed by atoms with van der Waals surface area (Å²) in [5, 5.41) is 9.42. The minimum Gasteiger partial charge on any atom is -0.478 e. The van der Waals surface area contributed by atoms with Crippen molar-refractivity contribution in [2.24, 2.45) is 0 Å². The van der Waals surface area contributed by atoms with E-state index < -0.39 is 5.97 Å². The van der Waals surface area contributed by atoms with Gasteiger partial charge in [-0.2, -0.15) is 0 Å². The molecular formula is C21H18O2. The number of aromatic carboxylic acids is 1. The lowest BCUT2D eigenvalue weighted by Crippen LogP contribution is -2.04. The van der Waals surface area contributed by atoms with Crippen LogP contribution in [0.5, 0.6) is 0 Å². The third kappa shape index (κ3) is 3.86. The number of carboxylic acid groups (broad SMARTS) is 1. The van der Waals surface area contributed by atoms with E-state index in [9.17, 15) is 9.90 Å². The van der Waals surface area contributed by atoms with Crippen molar-refractivity contribution >= 4 is 5.97 Å². The molecule has 0 heterocycles. The van der Waals surface area contributed by atoms with Gasteiger partial charge in [0.25, 0.3) is 0 Å². The second-order valence-corrected chi connectivity index (χ2v) is 5.62. The molecule has 0 saturated heterocycles. The standard InChI is InChI=1S/C21H18O2/c22-21(23)20-12-11-18(13-16-7-3-1-4-8-16)15-19(20)14-17-9-5-2-6-10-17/h1-12,15H,13-14H2,(H,22,23). The van der Waals surface area contributed by atoms with E-state index in [-0.39, 0.29) is 0 Å². The molecule has 0 aliphatic carbocycles. The van der Waals surface area contributed by atoms with E-state index >= 15 is 0 Å². The lowest BCUT2D eigenvalue weighted by Gasteiger charge is -2.10. The average Bonchev–Trinajstić information content (AvgIpc) is 2.57. The highest BCUT2D eigenvalue weighted by Crippen LogP contribution is 2.19. The molecular weight excluding hydrogens is 284 g/mol. The molecule has 0 fully saturated rings. The van der Waals surface area contributed by atoms with Crippen molar-refractivity contribution in [3.8, 4) is 0 Å². The fourth-order valence-corrected chi connectivity index (χ4v) is 2.76. The van der Waals surface area contributed by atoms with Crippen molar-refractivity contribution in [3.63, 3.8) is 0 Å². The van der Waals surface area contributed by atoms with Crippen molar-refractivity contribution in [1.82, 2.24) is 0 Å². The molecule has 0 aliphatic heterocycles. The summed E-state index contributed by atoms with van der Waals surface area (Å²) in [6.45, 7) is 0. The smallest absolute Gasteiger partial charge is 0.335 e. The van der Waals surface area contributed by atoms with Gasteiger partial charge in [-0.05, 0) is 41.2 Å². The van der Waals surface area contributed by atoms with Gasteiger partial charge in [0.05, 0.1) is 5.56 Å². The van der Waals surface area contributed by atoms with E-state index in [0.717, 1.165) is 23.1 Å². The molecule has 0 spiro atoms. The maximum absolute atomic E-state index is 11.5. The number of hydrogen-bond donors (Lipinski definition) is 1. The number of rotatable bonds is 5. The summed E-state index contributed by atoms with van der Waals surface area (Å²) in [6.07, 6.45) is 1.44. The minimum atomic E-state index is -0.873. The van der Waals surface area contributed by atoms with Gasteiger partial charge in [0.1, 0.15) is 0 Å². The van der Waals surface area contributed by atoms with Crippen LogP contribution in [-0.2, 0) is 12.8 Å². The lowest BCUT2D eigenvalue weighted by molar-refractivity contribution is 0.0696. The molecule has 0 unspecified atom stereocenters. The summed E-state index contributed by atoms with van der Waals surface area (Å²) in [4.78, 5) is 11.5. The van der Waals surface area contributed by atoms with Crippen LogP contribution >= 0.6 is 0 Å². The highest BCUT2D eigenvalue weighted by molar-refractivity contribution is 5.89. The Morgan fingerprint density at radius 1 is 0.696 bits per heavy atom. The first-order chi connectivity index (χ1) is 11.2. The monoisotopic (exact) mass is 302 g/mol. The van der Waals surface area contributed by atoms with Crippen LogP contribution in [0.4, 0.5) is 0 Å². The van der Waals surface area contributed by atoms with E-state index in [4.69, 9.17) is 0 Å². The molecule has 114 valence electrons. The fraction of sp³-hybridized carbons (Fsp3) is 0.0952. The normalized spacial score (nSPS) is 10.4. The molecule has 1 N–H and O–H groups in total. The van der Waals surface area contributed by atoms with Crippen LogP contribution in [0, 0.1) is 0 Å². The zero-order valence-corrected chi connectivity index (χ0v) is 12.8. The minimum absolute atomic E-state index is 0.380. The van der Waals surface area contributed by atoms with E-state index in [1.165, 1.54) is 5.56 Å². The lowest BCUT2D eigenvalue weighted by atomic mass is 9.95. The average molecular weight is 302 g/mol. The van der Waals surface area contributed by atoms with Crippen molar-refractivity contribution in [2.45, 2.75) is 12.8 Å². The molecule has 0 aliphatic rings. The van der Waals surface area contributed by atoms with Gasteiger partial charge in [0.15, 0.2) is 0 Å². The summed E-state index contributed by atoms with van der Waals surface area (Å²) in [7, 11) is 0. The van der Waals surface area contributed by atoms with Crippen LogP contribution in [0.25, 0.3) is 0 Å². The first kappa shape index (κ1) is 15.0. The zero-order valence-electron chi connectivity index (χ0n) is 12.8. The van der Waals surface area contributed by atoms with Gasteiger partial charge in [0.2, 0.25) is 0 Å².